The molecule has 12 heteroatoms. The van der Waals surface area contributed by atoms with Crippen molar-refractivity contribution in [2.45, 2.75) is 69.1 Å². The Morgan fingerprint density at radius 2 is 1.70 bits per heavy atom. The summed E-state index contributed by atoms with van der Waals surface area (Å²) in [5.41, 5.74) is 1.21. The summed E-state index contributed by atoms with van der Waals surface area (Å²) in [6.45, 7) is 5.04. The van der Waals surface area contributed by atoms with Crippen LogP contribution in [0.3, 0.4) is 0 Å². The van der Waals surface area contributed by atoms with Crippen LogP contribution < -0.4 is 9.80 Å². The molecule has 1 N–H and O–H groups in total. The molecule has 3 unspecified atom stereocenters. The summed E-state index contributed by atoms with van der Waals surface area (Å²) in [5.74, 6) is -0.790. The van der Waals surface area contributed by atoms with Crippen molar-refractivity contribution in [1.82, 2.24) is 9.29 Å². The third-order valence-corrected chi connectivity index (χ3v) is 11.8. The van der Waals surface area contributed by atoms with E-state index in [-0.39, 0.29) is 41.0 Å². The number of piperazine rings is 1. The SMILES string of the molecule is CC1CN(c2ccc(S(=O)(=O)N3CC(=O)N(c4cc(-c5ccccc5)sc4C(=O)O)C(C4CCCCC4)C3)cn2)CC(C)O1. The molecule has 1 aliphatic carbocycles. The number of carboxylic acid groups (broad SMARTS) is 1. The lowest BCUT2D eigenvalue weighted by atomic mass is 9.82. The number of aromatic carboxylic acids is 1. The molecule has 2 aromatic heterocycles. The molecule has 3 aliphatic rings. The van der Waals surface area contributed by atoms with Crippen LogP contribution in [0.25, 0.3) is 10.4 Å². The van der Waals surface area contributed by atoms with Gasteiger partial charge in [-0.2, -0.15) is 4.31 Å². The van der Waals surface area contributed by atoms with Gasteiger partial charge in [-0.05, 0) is 56.4 Å². The van der Waals surface area contributed by atoms with Gasteiger partial charge in [-0.15, -0.1) is 11.3 Å². The second-order valence-corrected chi connectivity index (χ2v) is 15.0. The summed E-state index contributed by atoms with van der Waals surface area (Å²) in [7, 11) is -4.04. The van der Waals surface area contributed by atoms with Crippen LogP contribution in [0.15, 0.2) is 59.6 Å². The Morgan fingerprint density at radius 3 is 2.34 bits per heavy atom. The number of carbonyl (C=O) groups is 2. The number of morpholine rings is 1. The molecular weight excluding hydrogens is 601 g/mol. The minimum atomic E-state index is -4.04. The van der Waals surface area contributed by atoms with Gasteiger partial charge < -0.3 is 19.6 Å². The molecule has 1 saturated carbocycles. The van der Waals surface area contributed by atoms with Gasteiger partial charge in [-0.1, -0.05) is 49.6 Å². The monoisotopic (exact) mass is 638 g/mol. The first-order chi connectivity index (χ1) is 21.1. The number of hydrogen-bond donors (Lipinski definition) is 1. The van der Waals surface area contributed by atoms with E-state index in [0.29, 0.717) is 24.6 Å². The number of aromatic nitrogens is 1. The van der Waals surface area contributed by atoms with Gasteiger partial charge in [-0.25, -0.2) is 18.2 Å². The summed E-state index contributed by atoms with van der Waals surface area (Å²) >= 11 is 1.14. The Morgan fingerprint density at radius 1 is 1.00 bits per heavy atom. The number of carboxylic acids is 1. The van der Waals surface area contributed by atoms with E-state index in [1.807, 2.05) is 44.2 Å². The van der Waals surface area contributed by atoms with E-state index >= 15 is 0 Å². The molecule has 3 atom stereocenters. The van der Waals surface area contributed by atoms with Crippen molar-refractivity contribution >= 4 is 44.7 Å². The van der Waals surface area contributed by atoms with E-state index in [2.05, 4.69) is 9.88 Å². The van der Waals surface area contributed by atoms with E-state index in [1.54, 1.807) is 23.1 Å². The highest BCUT2D eigenvalue weighted by Gasteiger charge is 2.44. The van der Waals surface area contributed by atoms with Gasteiger partial charge in [0.1, 0.15) is 15.6 Å². The highest BCUT2D eigenvalue weighted by molar-refractivity contribution is 7.89. The highest BCUT2D eigenvalue weighted by atomic mass is 32.2. The summed E-state index contributed by atoms with van der Waals surface area (Å²) in [6.07, 6.45) is 6.23. The molecular formula is C32H38N4O6S2. The fourth-order valence-corrected chi connectivity index (χ4v) is 9.17. The third-order valence-electron chi connectivity index (χ3n) is 8.82. The van der Waals surface area contributed by atoms with Crippen molar-refractivity contribution in [2.24, 2.45) is 5.92 Å². The largest absolute Gasteiger partial charge is 0.477 e. The van der Waals surface area contributed by atoms with Crippen LogP contribution in [0, 0.1) is 5.92 Å². The lowest BCUT2D eigenvalue weighted by molar-refractivity contribution is -0.121. The molecule has 1 amide bonds. The van der Waals surface area contributed by atoms with E-state index < -0.39 is 27.9 Å². The fourth-order valence-electron chi connectivity index (χ4n) is 6.83. The number of benzene rings is 1. The molecule has 2 saturated heterocycles. The first kappa shape index (κ1) is 30.7. The minimum Gasteiger partial charge on any atom is -0.477 e. The smallest absolute Gasteiger partial charge is 0.348 e. The molecule has 2 aliphatic heterocycles. The number of thiophene rings is 1. The number of anilines is 2. The first-order valence-corrected chi connectivity index (χ1v) is 17.5. The number of sulfonamides is 1. The molecule has 10 nitrogen and oxygen atoms in total. The van der Waals surface area contributed by atoms with Crippen molar-refractivity contribution in [2.75, 3.05) is 36.0 Å². The van der Waals surface area contributed by atoms with Gasteiger partial charge >= 0.3 is 5.97 Å². The Kier molecular flexibility index (Phi) is 8.78. The maximum Gasteiger partial charge on any atom is 0.348 e. The number of nitrogens with zero attached hydrogens (tertiary/aromatic N) is 4. The molecule has 234 valence electrons. The van der Waals surface area contributed by atoms with Crippen molar-refractivity contribution < 1.29 is 27.9 Å². The van der Waals surface area contributed by atoms with Gasteiger partial charge in [0.2, 0.25) is 15.9 Å². The lowest BCUT2D eigenvalue weighted by Gasteiger charge is -2.44. The number of carbonyl (C=O) groups excluding carboxylic acids is 1. The number of pyridine rings is 1. The van der Waals surface area contributed by atoms with Crippen LogP contribution in [0.2, 0.25) is 0 Å². The number of ether oxygens (including phenoxy) is 1. The van der Waals surface area contributed by atoms with Crippen LogP contribution in [0.1, 0.15) is 55.6 Å². The molecule has 0 spiro atoms. The van der Waals surface area contributed by atoms with Crippen LogP contribution >= 0.6 is 11.3 Å². The van der Waals surface area contributed by atoms with Crippen LogP contribution in [-0.4, -0.2) is 79.1 Å². The van der Waals surface area contributed by atoms with Gasteiger partial charge in [0, 0.05) is 30.7 Å². The third kappa shape index (κ3) is 6.13. The van der Waals surface area contributed by atoms with Crippen molar-refractivity contribution in [3.63, 3.8) is 0 Å². The summed E-state index contributed by atoms with van der Waals surface area (Å²) in [4.78, 5) is 35.4. The van der Waals surface area contributed by atoms with Gasteiger partial charge in [-0.3, -0.25) is 4.79 Å². The Bertz CT molecular complexity index is 1600. The summed E-state index contributed by atoms with van der Waals surface area (Å²) in [6, 6.07) is 14.0. The number of rotatable bonds is 7. The Labute approximate surface area is 262 Å². The van der Waals surface area contributed by atoms with E-state index in [4.69, 9.17) is 4.74 Å². The normalized spacial score (nSPS) is 24.0. The summed E-state index contributed by atoms with van der Waals surface area (Å²) < 4.78 is 35.0. The predicted molar refractivity (Wildman–Crippen MR) is 170 cm³/mol. The van der Waals surface area contributed by atoms with Crippen LogP contribution in [0.5, 0.6) is 0 Å². The van der Waals surface area contributed by atoms with Gasteiger partial charge in [0.25, 0.3) is 0 Å². The van der Waals surface area contributed by atoms with E-state index in [0.717, 1.165) is 53.9 Å². The maximum absolute atomic E-state index is 14.0. The highest BCUT2D eigenvalue weighted by Crippen LogP contribution is 2.42. The average Bonchev–Trinajstić information content (AvgIpc) is 3.47. The van der Waals surface area contributed by atoms with Crippen molar-refractivity contribution in [3.05, 3.63) is 59.6 Å². The molecule has 0 bridgehead atoms. The Balaban J connectivity index is 1.31. The molecule has 3 aromatic rings. The number of hydrogen-bond acceptors (Lipinski definition) is 8. The Hall–Kier alpha value is -3.32. The van der Waals surface area contributed by atoms with Crippen LogP contribution in [0.4, 0.5) is 11.5 Å². The quantitative estimate of drug-likeness (QED) is 0.379. The average molecular weight is 639 g/mol. The van der Waals surface area contributed by atoms with Gasteiger partial charge in [0.15, 0.2) is 0 Å². The minimum absolute atomic E-state index is 0.0346. The van der Waals surface area contributed by atoms with E-state index in [9.17, 15) is 23.1 Å². The molecule has 6 rings (SSSR count). The topological polar surface area (TPSA) is 120 Å². The predicted octanol–water partition coefficient (Wildman–Crippen LogP) is 5.11. The lowest BCUT2D eigenvalue weighted by Crippen LogP contribution is -2.60. The fraction of sp³-hybridized carbons (Fsp3) is 0.469. The second kappa shape index (κ2) is 12.6. The number of amides is 1. The van der Waals surface area contributed by atoms with Crippen molar-refractivity contribution in [3.8, 4) is 10.4 Å². The van der Waals surface area contributed by atoms with Crippen LogP contribution in [-0.2, 0) is 19.6 Å². The molecule has 44 heavy (non-hydrogen) atoms. The standard InChI is InChI=1S/C32H38N4O6S2/c1-21-17-34(18-22(2)42-21)29-14-13-25(16-33-29)44(40,41)35-19-27(23-9-5-3-6-10-23)36(30(37)20-35)26-15-28(43-31(26)32(38)39)24-11-7-4-8-12-24/h4,7-8,11-16,21-23,27H,3,5-6,9-10,17-20H2,1-2H3,(H,38,39). The molecule has 4 heterocycles. The zero-order valence-electron chi connectivity index (χ0n) is 25.0. The van der Waals surface area contributed by atoms with Gasteiger partial charge in [0.05, 0.1) is 30.5 Å². The van der Waals surface area contributed by atoms with E-state index in [1.165, 1.54) is 10.5 Å². The zero-order valence-corrected chi connectivity index (χ0v) is 26.6. The molecule has 3 fully saturated rings. The molecule has 0 radical (unpaired) electrons. The zero-order chi connectivity index (χ0) is 31.0. The summed E-state index contributed by atoms with van der Waals surface area (Å²) in [5, 5.41) is 10.2. The first-order valence-electron chi connectivity index (χ1n) is 15.2. The molecule has 1 aromatic carbocycles. The second-order valence-electron chi connectivity index (χ2n) is 12.0. The van der Waals surface area contributed by atoms with Crippen molar-refractivity contribution in [1.29, 1.82) is 0 Å². The maximum atomic E-state index is 14.0.